The van der Waals surface area contributed by atoms with E-state index in [1.54, 1.807) is 12.3 Å². The van der Waals surface area contributed by atoms with Gasteiger partial charge in [-0.3, -0.25) is 9.89 Å². The van der Waals surface area contributed by atoms with E-state index >= 15 is 0 Å². The molecule has 0 radical (unpaired) electrons. The number of hydrogen-bond acceptors (Lipinski definition) is 4. The zero-order chi connectivity index (χ0) is 11.1. The van der Waals surface area contributed by atoms with Crippen LogP contribution >= 0.6 is 0 Å². The maximum Gasteiger partial charge on any atom is 0.226 e. The summed E-state index contributed by atoms with van der Waals surface area (Å²) in [6.07, 6.45) is 1.16. The van der Waals surface area contributed by atoms with Gasteiger partial charge in [0.2, 0.25) is 5.91 Å². The fraction of sp³-hybridized carbons (Fsp3) is 0.556. The Bertz CT molecular complexity index is 287. The number of aromatic amines is 1. The molecule has 0 fully saturated rings. The van der Waals surface area contributed by atoms with E-state index in [0.717, 1.165) is 5.69 Å². The van der Waals surface area contributed by atoms with E-state index in [9.17, 15) is 9.90 Å². The van der Waals surface area contributed by atoms with Crippen LogP contribution in [0.25, 0.3) is 0 Å². The summed E-state index contributed by atoms with van der Waals surface area (Å²) in [7, 11) is 1.50. The Hall–Kier alpha value is -1.40. The van der Waals surface area contributed by atoms with Crippen LogP contribution in [0.3, 0.4) is 0 Å². The van der Waals surface area contributed by atoms with Crippen molar-refractivity contribution in [2.75, 3.05) is 20.3 Å². The number of amides is 1. The summed E-state index contributed by atoms with van der Waals surface area (Å²) in [5.41, 5.74) is 0.744. The molecule has 0 bridgehead atoms. The van der Waals surface area contributed by atoms with Gasteiger partial charge in [0.15, 0.2) is 0 Å². The molecule has 6 nitrogen and oxygen atoms in total. The first-order valence-electron chi connectivity index (χ1n) is 4.64. The van der Waals surface area contributed by atoms with Gasteiger partial charge in [0.1, 0.15) is 0 Å². The number of nitrogens with zero attached hydrogens (tertiary/aromatic N) is 1. The Labute approximate surface area is 87.6 Å². The van der Waals surface area contributed by atoms with Crippen LogP contribution in [-0.4, -0.2) is 47.6 Å². The highest BCUT2D eigenvalue weighted by Crippen LogP contribution is 1.92. The SMILES string of the molecule is COCC(O)CNC(=O)Cc1ccn[nH]1. The van der Waals surface area contributed by atoms with E-state index in [0.29, 0.717) is 0 Å². The Morgan fingerprint density at radius 1 is 1.80 bits per heavy atom. The van der Waals surface area contributed by atoms with Gasteiger partial charge < -0.3 is 15.2 Å². The maximum absolute atomic E-state index is 11.3. The normalized spacial score (nSPS) is 12.4. The van der Waals surface area contributed by atoms with Crippen molar-refractivity contribution in [2.45, 2.75) is 12.5 Å². The van der Waals surface area contributed by atoms with Gasteiger partial charge in [-0.05, 0) is 6.07 Å². The van der Waals surface area contributed by atoms with Gasteiger partial charge in [0.25, 0.3) is 0 Å². The number of aromatic nitrogens is 2. The van der Waals surface area contributed by atoms with Crippen molar-refractivity contribution >= 4 is 5.91 Å². The second kappa shape index (κ2) is 6.15. The number of H-pyrrole nitrogens is 1. The van der Waals surface area contributed by atoms with Crippen LogP contribution in [0.2, 0.25) is 0 Å². The highest BCUT2D eigenvalue weighted by molar-refractivity contribution is 5.78. The largest absolute Gasteiger partial charge is 0.389 e. The molecule has 0 saturated heterocycles. The minimum absolute atomic E-state index is 0.158. The third-order valence-corrected chi connectivity index (χ3v) is 1.80. The number of carbonyl (C=O) groups is 1. The van der Waals surface area contributed by atoms with Crippen molar-refractivity contribution in [3.63, 3.8) is 0 Å². The quantitative estimate of drug-likeness (QED) is 0.570. The Kier molecular flexibility index (Phi) is 4.79. The molecule has 0 aliphatic heterocycles. The molecule has 84 valence electrons. The summed E-state index contributed by atoms with van der Waals surface area (Å²) in [4.78, 5) is 11.3. The minimum atomic E-state index is -0.666. The Morgan fingerprint density at radius 2 is 2.60 bits per heavy atom. The van der Waals surface area contributed by atoms with Gasteiger partial charge >= 0.3 is 0 Å². The third-order valence-electron chi connectivity index (χ3n) is 1.80. The van der Waals surface area contributed by atoms with E-state index < -0.39 is 6.10 Å². The number of nitrogens with one attached hydrogen (secondary N) is 2. The van der Waals surface area contributed by atoms with E-state index in [2.05, 4.69) is 15.5 Å². The smallest absolute Gasteiger partial charge is 0.226 e. The predicted octanol–water partition coefficient (Wildman–Crippen LogP) is -0.924. The standard InChI is InChI=1S/C9H15N3O3/c1-15-6-8(13)5-10-9(14)4-7-2-3-11-12-7/h2-3,8,13H,4-6H2,1H3,(H,10,14)(H,11,12). The van der Waals surface area contributed by atoms with Crippen LogP contribution in [-0.2, 0) is 16.0 Å². The van der Waals surface area contributed by atoms with E-state index in [1.807, 2.05) is 0 Å². The number of aliphatic hydroxyl groups excluding tert-OH is 1. The topological polar surface area (TPSA) is 87.2 Å². The number of ether oxygens (including phenoxy) is 1. The second-order valence-electron chi connectivity index (χ2n) is 3.17. The number of carbonyl (C=O) groups excluding carboxylic acids is 1. The molecule has 1 amide bonds. The minimum Gasteiger partial charge on any atom is -0.389 e. The Morgan fingerprint density at radius 3 is 3.20 bits per heavy atom. The number of hydrogen-bond donors (Lipinski definition) is 3. The van der Waals surface area contributed by atoms with Gasteiger partial charge in [-0.1, -0.05) is 0 Å². The fourth-order valence-electron chi connectivity index (χ4n) is 1.10. The first-order valence-corrected chi connectivity index (χ1v) is 4.64. The van der Waals surface area contributed by atoms with Crippen molar-refractivity contribution in [2.24, 2.45) is 0 Å². The van der Waals surface area contributed by atoms with Gasteiger partial charge in [-0.15, -0.1) is 0 Å². The molecular formula is C9H15N3O3. The molecule has 15 heavy (non-hydrogen) atoms. The van der Waals surface area contributed by atoms with Gasteiger partial charge in [-0.2, -0.15) is 5.10 Å². The highest BCUT2D eigenvalue weighted by atomic mass is 16.5. The zero-order valence-electron chi connectivity index (χ0n) is 8.56. The molecular weight excluding hydrogens is 198 g/mol. The second-order valence-corrected chi connectivity index (χ2v) is 3.17. The fourth-order valence-corrected chi connectivity index (χ4v) is 1.10. The van der Waals surface area contributed by atoms with Crippen molar-refractivity contribution < 1.29 is 14.6 Å². The lowest BCUT2D eigenvalue weighted by molar-refractivity contribution is -0.121. The van der Waals surface area contributed by atoms with Gasteiger partial charge in [0, 0.05) is 25.5 Å². The van der Waals surface area contributed by atoms with Crippen LogP contribution in [0.5, 0.6) is 0 Å². The summed E-state index contributed by atoms with van der Waals surface area (Å²) in [5, 5.41) is 18.3. The predicted molar refractivity (Wildman–Crippen MR) is 53.2 cm³/mol. The van der Waals surface area contributed by atoms with Crippen molar-refractivity contribution in [3.05, 3.63) is 18.0 Å². The summed E-state index contributed by atoms with van der Waals surface area (Å²) in [6, 6.07) is 1.73. The molecule has 1 rings (SSSR count). The average molecular weight is 213 g/mol. The molecule has 0 saturated carbocycles. The first-order chi connectivity index (χ1) is 7.22. The molecule has 6 heteroatoms. The molecule has 0 aliphatic rings. The molecule has 3 N–H and O–H groups in total. The molecule has 1 aromatic rings. The maximum atomic E-state index is 11.3. The van der Waals surface area contributed by atoms with Crippen molar-refractivity contribution in [1.29, 1.82) is 0 Å². The lowest BCUT2D eigenvalue weighted by Crippen LogP contribution is -2.35. The third kappa shape index (κ3) is 4.57. The molecule has 1 unspecified atom stereocenters. The molecule has 1 aromatic heterocycles. The molecule has 1 atom stereocenters. The molecule has 0 aliphatic carbocycles. The van der Waals surface area contributed by atoms with E-state index in [-0.39, 0.29) is 25.5 Å². The average Bonchev–Trinajstić information content (AvgIpc) is 2.68. The molecule has 0 aromatic carbocycles. The highest BCUT2D eigenvalue weighted by Gasteiger charge is 2.07. The van der Waals surface area contributed by atoms with E-state index in [4.69, 9.17) is 4.74 Å². The van der Waals surface area contributed by atoms with Crippen molar-refractivity contribution in [3.8, 4) is 0 Å². The lowest BCUT2D eigenvalue weighted by Gasteiger charge is -2.10. The Balaban J connectivity index is 2.19. The lowest BCUT2D eigenvalue weighted by atomic mass is 10.3. The van der Waals surface area contributed by atoms with Crippen LogP contribution in [0, 0.1) is 0 Å². The molecule has 0 spiro atoms. The molecule has 1 heterocycles. The van der Waals surface area contributed by atoms with Crippen LogP contribution in [0.15, 0.2) is 12.3 Å². The van der Waals surface area contributed by atoms with E-state index in [1.165, 1.54) is 7.11 Å². The monoisotopic (exact) mass is 213 g/mol. The number of rotatable bonds is 6. The van der Waals surface area contributed by atoms with Crippen LogP contribution in [0.1, 0.15) is 5.69 Å². The summed E-state index contributed by atoms with van der Waals surface area (Å²) < 4.78 is 4.72. The van der Waals surface area contributed by atoms with Gasteiger partial charge in [-0.25, -0.2) is 0 Å². The van der Waals surface area contributed by atoms with Crippen molar-refractivity contribution in [1.82, 2.24) is 15.5 Å². The summed E-state index contributed by atoms with van der Waals surface area (Å²) in [6.45, 7) is 0.408. The summed E-state index contributed by atoms with van der Waals surface area (Å²) >= 11 is 0. The van der Waals surface area contributed by atoms with Crippen LogP contribution in [0.4, 0.5) is 0 Å². The zero-order valence-corrected chi connectivity index (χ0v) is 8.56. The number of methoxy groups -OCH3 is 1. The van der Waals surface area contributed by atoms with Gasteiger partial charge in [0.05, 0.1) is 19.1 Å². The van der Waals surface area contributed by atoms with Crippen LogP contribution < -0.4 is 5.32 Å². The summed E-state index contributed by atoms with van der Waals surface area (Å²) in [5.74, 6) is -0.158. The number of aliphatic hydroxyl groups is 1. The first kappa shape index (κ1) is 11.7.